The number of hydrogen-bond acceptors (Lipinski definition) is 5. The standard InChI is InChI=1S/C18H27BrN2O3.ClH/c1-4-23-16(22)10-24-17-14(7-13(2)8-15(17)19)9-21-6-5-18(3,11-20)12-21;/h7-8H,4-6,9-12,20H2,1-3H3;1H. The van der Waals surface area contributed by atoms with Crippen LogP contribution in [-0.4, -0.2) is 43.7 Å². The lowest BCUT2D eigenvalue weighted by Gasteiger charge is -2.23. The summed E-state index contributed by atoms with van der Waals surface area (Å²) in [6.07, 6.45) is 1.11. The maximum atomic E-state index is 11.6. The maximum Gasteiger partial charge on any atom is 0.344 e. The van der Waals surface area contributed by atoms with Gasteiger partial charge in [0, 0.05) is 18.7 Å². The highest BCUT2D eigenvalue weighted by atomic mass is 79.9. The van der Waals surface area contributed by atoms with E-state index < -0.39 is 0 Å². The fourth-order valence-electron chi connectivity index (χ4n) is 3.08. The molecule has 5 nitrogen and oxygen atoms in total. The number of carbonyl (C=O) groups is 1. The lowest BCUT2D eigenvalue weighted by molar-refractivity contribution is -0.145. The molecule has 1 aliphatic heterocycles. The number of nitrogens with two attached hydrogens (primary N) is 1. The van der Waals surface area contributed by atoms with E-state index in [1.54, 1.807) is 6.92 Å². The number of carbonyl (C=O) groups excluding carboxylic acids is 1. The molecule has 0 bridgehead atoms. The number of rotatable bonds is 7. The SMILES string of the molecule is CCOC(=O)COc1c(Br)cc(C)cc1CN1CCC(C)(CN)C1.Cl. The van der Waals surface area contributed by atoms with E-state index in [0.29, 0.717) is 13.2 Å². The molecule has 1 saturated heterocycles. The van der Waals surface area contributed by atoms with Crippen LogP contribution < -0.4 is 10.5 Å². The summed E-state index contributed by atoms with van der Waals surface area (Å²) in [5.74, 6) is 0.364. The first-order chi connectivity index (χ1) is 11.4. The van der Waals surface area contributed by atoms with Gasteiger partial charge in [0.25, 0.3) is 0 Å². The average Bonchev–Trinajstić information content (AvgIpc) is 2.88. The molecule has 0 radical (unpaired) electrons. The number of nitrogens with zero attached hydrogens (tertiary/aromatic N) is 1. The average molecular weight is 436 g/mol. The van der Waals surface area contributed by atoms with Crippen LogP contribution in [0.25, 0.3) is 0 Å². The van der Waals surface area contributed by atoms with Crippen LogP contribution in [0.1, 0.15) is 31.4 Å². The molecule has 2 N–H and O–H groups in total. The smallest absolute Gasteiger partial charge is 0.344 e. The van der Waals surface area contributed by atoms with Crippen molar-refractivity contribution in [3.8, 4) is 5.75 Å². The molecule has 0 aromatic heterocycles. The first-order valence-corrected chi connectivity index (χ1v) is 9.16. The summed E-state index contributed by atoms with van der Waals surface area (Å²) in [6.45, 7) is 9.84. The lowest BCUT2D eigenvalue weighted by Crippen LogP contribution is -2.31. The van der Waals surface area contributed by atoms with Crippen molar-refractivity contribution in [2.45, 2.75) is 33.7 Å². The van der Waals surface area contributed by atoms with E-state index in [9.17, 15) is 4.79 Å². The van der Waals surface area contributed by atoms with E-state index in [1.807, 2.05) is 6.07 Å². The summed E-state index contributed by atoms with van der Waals surface area (Å²) in [7, 11) is 0. The van der Waals surface area contributed by atoms with E-state index in [-0.39, 0.29) is 30.4 Å². The molecule has 2 rings (SSSR count). The first-order valence-electron chi connectivity index (χ1n) is 8.37. The summed E-state index contributed by atoms with van der Waals surface area (Å²) >= 11 is 3.56. The Morgan fingerprint density at radius 2 is 2.16 bits per heavy atom. The Hall–Kier alpha value is -0.820. The molecule has 7 heteroatoms. The van der Waals surface area contributed by atoms with Crippen molar-refractivity contribution >= 4 is 34.3 Å². The molecule has 1 heterocycles. The molecule has 1 aromatic rings. The fourth-order valence-corrected chi connectivity index (χ4v) is 3.81. The Kier molecular flexibility index (Phi) is 8.68. The largest absolute Gasteiger partial charge is 0.480 e. The third-order valence-electron chi connectivity index (χ3n) is 4.43. The number of benzene rings is 1. The number of hydrogen-bond donors (Lipinski definition) is 1. The monoisotopic (exact) mass is 434 g/mol. The zero-order valence-corrected chi connectivity index (χ0v) is 17.5. The molecule has 1 aromatic carbocycles. The summed E-state index contributed by atoms with van der Waals surface area (Å²) in [6, 6.07) is 4.11. The van der Waals surface area contributed by atoms with Crippen molar-refractivity contribution in [1.29, 1.82) is 0 Å². The van der Waals surface area contributed by atoms with Gasteiger partial charge in [0.05, 0.1) is 11.1 Å². The van der Waals surface area contributed by atoms with Crippen LogP contribution in [0.5, 0.6) is 5.75 Å². The third-order valence-corrected chi connectivity index (χ3v) is 5.02. The van der Waals surface area contributed by atoms with Crippen LogP contribution in [-0.2, 0) is 16.1 Å². The van der Waals surface area contributed by atoms with Crippen LogP contribution in [0, 0.1) is 12.3 Å². The van der Waals surface area contributed by atoms with E-state index in [1.165, 1.54) is 0 Å². The Morgan fingerprint density at radius 3 is 2.76 bits per heavy atom. The molecule has 142 valence electrons. The Balaban J connectivity index is 0.00000312. The van der Waals surface area contributed by atoms with E-state index in [2.05, 4.69) is 40.7 Å². The summed E-state index contributed by atoms with van der Waals surface area (Å²) in [4.78, 5) is 14.0. The molecule has 0 spiro atoms. The van der Waals surface area contributed by atoms with Gasteiger partial charge in [-0.1, -0.05) is 13.0 Å². The molecule has 0 saturated carbocycles. The van der Waals surface area contributed by atoms with Crippen LogP contribution in [0.4, 0.5) is 0 Å². The first kappa shape index (κ1) is 22.2. The number of ether oxygens (including phenoxy) is 2. The molecule has 1 atom stereocenters. The topological polar surface area (TPSA) is 64.8 Å². The van der Waals surface area contributed by atoms with Crippen molar-refractivity contribution in [2.75, 3.05) is 32.8 Å². The van der Waals surface area contributed by atoms with E-state index in [0.717, 1.165) is 47.4 Å². The summed E-state index contributed by atoms with van der Waals surface area (Å²) in [5, 5.41) is 0. The van der Waals surface area contributed by atoms with Gasteiger partial charge in [-0.15, -0.1) is 12.4 Å². The van der Waals surface area contributed by atoms with Gasteiger partial charge in [-0.3, -0.25) is 4.90 Å². The molecular weight excluding hydrogens is 408 g/mol. The minimum Gasteiger partial charge on any atom is -0.480 e. The second-order valence-electron chi connectivity index (χ2n) is 6.80. The number of halogens is 2. The molecule has 1 aliphatic rings. The normalized spacial score (nSPS) is 20.2. The van der Waals surface area contributed by atoms with Crippen molar-refractivity contribution in [3.63, 3.8) is 0 Å². The Bertz CT molecular complexity index is 600. The molecule has 25 heavy (non-hydrogen) atoms. The second kappa shape index (κ2) is 9.76. The minimum absolute atomic E-state index is 0. The Morgan fingerprint density at radius 1 is 1.44 bits per heavy atom. The highest BCUT2D eigenvalue weighted by Crippen LogP contribution is 2.35. The van der Waals surface area contributed by atoms with Gasteiger partial charge in [0.15, 0.2) is 6.61 Å². The summed E-state index contributed by atoms with van der Waals surface area (Å²) in [5.41, 5.74) is 8.32. The summed E-state index contributed by atoms with van der Waals surface area (Å²) < 4.78 is 11.6. The van der Waals surface area contributed by atoms with Crippen molar-refractivity contribution in [3.05, 3.63) is 27.7 Å². The third kappa shape index (κ3) is 6.13. The van der Waals surface area contributed by atoms with Gasteiger partial charge in [0.1, 0.15) is 5.75 Å². The van der Waals surface area contributed by atoms with E-state index >= 15 is 0 Å². The minimum atomic E-state index is -0.354. The van der Waals surface area contributed by atoms with Crippen molar-refractivity contribution in [2.24, 2.45) is 11.1 Å². The van der Waals surface area contributed by atoms with E-state index in [4.69, 9.17) is 15.2 Å². The lowest BCUT2D eigenvalue weighted by atomic mass is 9.90. The van der Waals surface area contributed by atoms with Gasteiger partial charge in [-0.2, -0.15) is 0 Å². The van der Waals surface area contributed by atoms with Crippen LogP contribution in [0.2, 0.25) is 0 Å². The number of esters is 1. The fraction of sp³-hybridized carbons (Fsp3) is 0.611. The highest BCUT2D eigenvalue weighted by Gasteiger charge is 2.32. The second-order valence-corrected chi connectivity index (χ2v) is 7.66. The highest BCUT2D eigenvalue weighted by molar-refractivity contribution is 9.10. The van der Waals surface area contributed by atoms with Crippen LogP contribution in [0.15, 0.2) is 16.6 Å². The number of aryl methyl sites for hydroxylation is 1. The van der Waals surface area contributed by atoms with Crippen LogP contribution in [0.3, 0.4) is 0 Å². The van der Waals surface area contributed by atoms with Crippen molar-refractivity contribution < 1.29 is 14.3 Å². The molecular formula is C18H28BrClN2O3. The predicted octanol–water partition coefficient (Wildman–Crippen LogP) is 3.29. The van der Waals surface area contributed by atoms with Crippen LogP contribution >= 0.6 is 28.3 Å². The zero-order chi connectivity index (χ0) is 17.7. The van der Waals surface area contributed by atoms with Gasteiger partial charge >= 0.3 is 5.97 Å². The molecule has 0 amide bonds. The molecule has 0 aliphatic carbocycles. The quantitative estimate of drug-likeness (QED) is 0.666. The molecule has 1 unspecified atom stereocenters. The zero-order valence-electron chi connectivity index (χ0n) is 15.1. The van der Waals surface area contributed by atoms with Gasteiger partial charge < -0.3 is 15.2 Å². The van der Waals surface area contributed by atoms with Gasteiger partial charge in [0.2, 0.25) is 0 Å². The predicted molar refractivity (Wildman–Crippen MR) is 105 cm³/mol. The van der Waals surface area contributed by atoms with Gasteiger partial charge in [-0.05, 0) is 66.3 Å². The van der Waals surface area contributed by atoms with Crippen molar-refractivity contribution in [1.82, 2.24) is 4.90 Å². The number of likely N-dealkylation sites (tertiary alicyclic amines) is 1. The molecule has 1 fully saturated rings. The maximum absolute atomic E-state index is 11.6. The Labute approximate surface area is 164 Å². The van der Waals surface area contributed by atoms with Gasteiger partial charge in [-0.25, -0.2) is 4.79 Å².